The van der Waals surface area contributed by atoms with Crippen molar-refractivity contribution >= 4 is 49.8 Å². The van der Waals surface area contributed by atoms with Crippen molar-refractivity contribution in [3.63, 3.8) is 0 Å². The van der Waals surface area contributed by atoms with E-state index in [0.717, 1.165) is 42.2 Å². The summed E-state index contributed by atoms with van der Waals surface area (Å²) in [6.45, 7) is 1.97. The van der Waals surface area contributed by atoms with E-state index in [1.165, 1.54) is 24.2 Å². The van der Waals surface area contributed by atoms with Gasteiger partial charge in [-0.05, 0) is 37.0 Å². The zero-order chi connectivity index (χ0) is 19.4. The molecular weight excluding hydrogens is 410 g/mol. The Morgan fingerprint density at radius 2 is 2.18 bits per heavy atom. The fraction of sp³-hybridized carbons (Fsp3) is 0.316. The van der Waals surface area contributed by atoms with Crippen LogP contribution >= 0.6 is 22.7 Å². The molecule has 4 aromatic rings. The van der Waals surface area contributed by atoms with Crippen LogP contribution < -0.4 is 5.73 Å². The van der Waals surface area contributed by atoms with E-state index in [1.54, 1.807) is 17.5 Å². The number of nitrogens with two attached hydrogens (primary N) is 1. The van der Waals surface area contributed by atoms with Crippen molar-refractivity contribution in [2.45, 2.75) is 24.0 Å². The lowest BCUT2D eigenvalue weighted by atomic mass is 10.1. The summed E-state index contributed by atoms with van der Waals surface area (Å²) in [5.74, 6) is 2.18. The number of aromatic nitrogens is 4. The van der Waals surface area contributed by atoms with Gasteiger partial charge in [-0.25, -0.2) is 15.0 Å². The first-order valence-electron chi connectivity index (χ1n) is 9.03. The maximum absolute atomic E-state index is 12.9. The predicted octanol–water partition coefficient (Wildman–Crippen LogP) is 4.23. The zero-order valence-electron chi connectivity index (χ0n) is 15.5. The van der Waals surface area contributed by atoms with Crippen molar-refractivity contribution in [2.24, 2.45) is 13.0 Å². The van der Waals surface area contributed by atoms with Crippen LogP contribution in [0.4, 0.5) is 5.69 Å². The molecule has 1 fully saturated rings. The van der Waals surface area contributed by atoms with Gasteiger partial charge >= 0.3 is 0 Å². The summed E-state index contributed by atoms with van der Waals surface area (Å²) in [6.07, 6.45) is 5.97. The number of hydrogen-bond acceptors (Lipinski definition) is 7. The molecule has 6 nitrogen and oxygen atoms in total. The molecule has 1 aliphatic carbocycles. The number of fused-ring (bicyclic) bond motifs is 1. The first-order chi connectivity index (χ1) is 13.5. The monoisotopic (exact) mass is 429 g/mol. The number of hydrogen-bond donors (Lipinski definition) is 1. The Balaban J connectivity index is 1.74. The molecule has 1 saturated carbocycles. The van der Waals surface area contributed by atoms with Crippen molar-refractivity contribution in [1.82, 2.24) is 19.5 Å². The van der Waals surface area contributed by atoms with E-state index in [0.29, 0.717) is 17.4 Å². The molecular formula is C19H19N5OS3. The van der Waals surface area contributed by atoms with E-state index in [-0.39, 0.29) is 0 Å². The molecule has 0 bridgehead atoms. The van der Waals surface area contributed by atoms with Crippen LogP contribution in [0.15, 0.2) is 28.0 Å². The molecule has 0 spiro atoms. The maximum atomic E-state index is 12.9. The number of thiophene rings is 1. The molecule has 4 aromatic heterocycles. The van der Waals surface area contributed by atoms with E-state index in [2.05, 4.69) is 9.97 Å². The van der Waals surface area contributed by atoms with Crippen molar-refractivity contribution in [3.8, 4) is 22.0 Å². The highest BCUT2D eigenvalue weighted by Crippen LogP contribution is 2.44. The molecule has 0 amide bonds. The lowest BCUT2D eigenvalue weighted by molar-refractivity contribution is 0.593. The molecule has 9 heteroatoms. The summed E-state index contributed by atoms with van der Waals surface area (Å²) in [6, 6.07) is 2.02. The lowest BCUT2D eigenvalue weighted by Crippen LogP contribution is -2.08. The fourth-order valence-corrected chi connectivity index (χ4v) is 6.78. The average molecular weight is 430 g/mol. The Morgan fingerprint density at radius 3 is 2.82 bits per heavy atom. The molecule has 0 radical (unpaired) electrons. The molecule has 1 atom stereocenters. The second-order valence-corrected chi connectivity index (χ2v) is 10.7. The summed E-state index contributed by atoms with van der Waals surface area (Å²) in [4.78, 5) is 14.5. The van der Waals surface area contributed by atoms with Gasteiger partial charge in [-0.2, -0.15) is 0 Å². The van der Waals surface area contributed by atoms with Crippen LogP contribution in [0.3, 0.4) is 0 Å². The number of imidazole rings is 1. The normalized spacial score (nSPS) is 15.4. The molecule has 1 aliphatic rings. The first kappa shape index (κ1) is 18.1. The molecule has 5 rings (SSSR count). The number of aryl methyl sites for hydroxylation is 1. The van der Waals surface area contributed by atoms with Gasteiger partial charge in [0.1, 0.15) is 32.8 Å². The van der Waals surface area contributed by atoms with Gasteiger partial charge in [-0.1, -0.05) is 11.3 Å². The van der Waals surface area contributed by atoms with Gasteiger partial charge in [-0.15, -0.1) is 11.3 Å². The van der Waals surface area contributed by atoms with Crippen LogP contribution in [0.5, 0.6) is 0 Å². The molecule has 0 saturated heterocycles. The second-order valence-electron chi connectivity index (χ2n) is 7.08. The van der Waals surface area contributed by atoms with E-state index < -0.39 is 11.2 Å². The van der Waals surface area contributed by atoms with E-state index in [1.807, 2.05) is 36.2 Å². The van der Waals surface area contributed by atoms with E-state index in [9.17, 15) is 4.55 Å². The molecule has 0 aliphatic heterocycles. The van der Waals surface area contributed by atoms with Crippen molar-refractivity contribution in [3.05, 3.63) is 29.7 Å². The largest absolute Gasteiger partial charge is 0.611 e. The van der Waals surface area contributed by atoms with E-state index >= 15 is 0 Å². The van der Waals surface area contributed by atoms with Crippen LogP contribution in [0, 0.1) is 12.8 Å². The topological polar surface area (TPSA) is 92.7 Å². The number of thiazole rings is 1. The number of nitrogen functional groups attached to an aromatic ring is 1. The molecule has 4 heterocycles. The minimum Gasteiger partial charge on any atom is -0.611 e. The SMILES string of the molecule is Cc1ncc(-c2cc(-c3nccs3)nc3sc([S+]([O-])CC4CC4)c(N)c23)n1C. The van der Waals surface area contributed by atoms with Crippen LogP contribution in [0.2, 0.25) is 0 Å². The lowest BCUT2D eigenvalue weighted by Gasteiger charge is -2.09. The van der Waals surface area contributed by atoms with Crippen molar-refractivity contribution < 1.29 is 4.55 Å². The predicted molar refractivity (Wildman–Crippen MR) is 116 cm³/mol. The van der Waals surface area contributed by atoms with Crippen LogP contribution in [0.25, 0.3) is 32.2 Å². The maximum Gasteiger partial charge on any atom is 0.232 e. The third-order valence-corrected chi connectivity index (χ3v) is 9.01. The van der Waals surface area contributed by atoms with Gasteiger partial charge in [0, 0.05) is 35.5 Å². The highest BCUT2D eigenvalue weighted by Gasteiger charge is 2.32. The minimum atomic E-state index is -1.09. The summed E-state index contributed by atoms with van der Waals surface area (Å²) < 4.78 is 15.7. The Labute approximate surface area is 173 Å². The smallest absolute Gasteiger partial charge is 0.232 e. The molecule has 28 heavy (non-hydrogen) atoms. The Morgan fingerprint density at radius 1 is 1.36 bits per heavy atom. The number of nitrogens with zero attached hydrogens (tertiary/aromatic N) is 4. The average Bonchev–Trinajstić information content (AvgIpc) is 3.06. The third kappa shape index (κ3) is 3.02. The highest BCUT2D eigenvalue weighted by atomic mass is 32.2. The molecule has 1 unspecified atom stereocenters. The fourth-order valence-electron chi connectivity index (χ4n) is 3.26. The van der Waals surface area contributed by atoms with Gasteiger partial charge in [0.15, 0.2) is 0 Å². The number of pyridine rings is 1. The van der Waals surface area contributed by atoms with Gasteiger partial charge in [0.25, 0.3) is 0 Å². The van der Waals surface area contributed by atoms with Crippen molar-refractivity contribution in [2.75, 3.05) is 11.5 Å². The van der Waals surface area contributed by atoms with Gasteiger partial charge < -0.3 is 14.9 Å². The Kier molecular flexibility index (Phi) is 4.42. The molecule has 2 N–H and O–H groups in total. The van der Waals surface area contributed by atoms with Crippen LogP contribution in [-0.4, -0.2) is 29.8 Å². The molecule has 0 aromatic carbocycles. The van der Waals surface area contributed by atoms with Gasteiger partial charge in [0.2, 0.25) is 4.21 Å². The third-order valence-electron chi connectivity index (χ3n) is 5.10. The Bertz CT molecular complexity index is 1160. The summed E-state index contributed by atoms with van der Waals surface area (Å²) in [5, 5.41) is 3.66. The van der Waals surface area contributed by atoms with Gasteiger partial charge in [0.05, 0.1) is 11.9 Å². The summed E-state index contributed by atoms with van der Waals surface area (Å²) >= 11 is 1.91. The highest BCUT2D eigenvalue weighted by molar-refractivity contribution is 7.93. The zero-order valence-corrected chi connectivity index (χ0v) is 18.0. The quantitative estimate of drug-likeness (QED) is 0.479. The summed E-state index contributed by atoms with van der Waals surface area (Å²) in [5.41, 5.74) is 9.85. The van der Waals surface area contributed by atoms with Crippen LogP contribution in [-0.2, 0) is 18.2 Å². The minimum absolute atomic E-state index is 0.573. The first-order valence-corrected chi connectivity index (χ1v) is 12.0. The second kappa shape index (κ2) is 6.84. The van der Waals surface area contributed by atoms with Crippen LogP contribution in [0.1, 0.15) is 18.7 Å². The molecule has 144 valence electrons. The standard InChI is InChI=1S/C19H19N5OS3/c1-10-22-8-14(24(10)2)12-7-13(17-21-5-6-26-17)23-18-15(12)16(20)19(27-18)28(25)9-11-3-4-11/h5-8,11H,3-4,9,20H2,1-2H3. The number of anilines is 1. The van der Waals surface area contributed by atoms with Gasteiger partial charge in [-0.3, -0.25) is 0 Å². The van der Waals surface area contributed by atoms with E-state index in [4.69, 9.17) is 10.7 Å². The number of rotatable bonds is 5. The Hall–Kier alpha value is -1.94. The van der Waals surface area contributed by atoms with Crippen molar-refractivity contribution in [1.29, 1.82) is 0 Å². The summed E-state index contributed by atoms with van der Waals surface area (Å²) in [7, 11) is 1.99.